The van der Waals surface area contributed by atoms with Gasteiger partial charge in [0.2, 0.25) is 0 Å². The summed E-state index contributed by atoms with van der Waals surface area (Å²) in [6.45, 7) is 13.1. The van der Waals surface area contributed by atoms with Crippen LogP contribution in [0.5, 0.6) is 0 Å². The van der Waals surface area contributed by atoms with Gasteiger partial charge in [0.05, 0.1) is 18.6 Å². The molecule has 0 N–H and O–H groups in total. The Balaban J connectivity index is 5.00. The van der Waals surface area contributed by atoms with E-state index in [-0.39, 0.29) is 5.54 Å². The maximum Gasteiger partial charge on any atom is 0.0877 e. The molecule has 0 aliphatic carbocycles. The number of allylic oxidation sites excluding steroid dienone is 1. The lowest BCUT2D eigenvalue weighted by molar-refractivity contribution is 0.587. The highest BCUT2D eigenvalue weighted by molar-refractivity contribution is 8.04. The Bertz CT molecular complexity index is 271. The van der Waals surface area contributed by atoms with Crippen LogP contribution < -0.4 is 0 Å². The largest absolute Gasteiger partial charge is 0.286 e. The number of aliphatic imine (C=N–C) groups is 1. The van der Waals surface area contributed by atoms with Crippen molar-refractivity contribution in [2.24, 2.45) is 4.99 Å². The van der Waals surface area contributed by atoms with Crippen LogP contribution in [-0.2, 0) is 0 Å². The van der Waals surface area contributed by atoms with E-state index < -0.39 is 8.07 Å². The molecule has 0 saturated carbocycles. The van der Waals surface area contributed by atoms with Crippen LogP contribution in [0.15, 0.2) is 14.6 Å². The fraction of sp³-hybridized carbons (Fsp3) is 0.727. The topological polar surface area (TPSA) is 12.4 Å². The normalized spacial score (nSPS) is 15.7. The van der Waals surface area contributed by atoms with Gasteiger partial charge in [0, 0.05) is 6.21 Å². The van der Waals surface area contributed by atoms with E-state index in [4.69, 9.17) is 11.6 Å². The van der Waals surface area contributed by atoms with Gasteiger partial charge in [-0.05, 0) is 31.6 Å². The minimum absolute atomic E-state index is 0.0525. The average Bonchev–Trinajstić information content (AvgIpc) is 1.98. The number of rotatable bonds is 3. The Morgan fingerprint density at radius 1 is 1.27 bits per heavy atom. The summed E-state index contributed by atoms with van der Waals surface area (Å²) < 4.78 is 1.32. The van der Waals surface area contributed by atoms with E-state index in [0.717, 1.165) is 5.03 Å². The van der Waals surface area contributed by atoms with Gasteiger partial charge in [-0.1, -0.05) is 31.2 Å². The van der Waals surface area contributed by atoms with Crippen LogP contribution >= 0.6 is 23.4 Å². The lowest BCUT2D eigenvalue weighted by Crippen LogP contribution is -2.23. The summed E-state index contributed by atoms with van der Waals surface area (Å²) in [6, 6.07) is 0. The van der Waals surface area contributed by atoms with E-state index in [1.54, 1.807) is 11.8 Å². The van der Waals surface area contributed by atoms with Crippen molar-refractivity contribution in [2.45, 2.75) is 46.0 Å². The van der Waals surface area contributed by atoms with Crippen molar-refractivity contribution in [1.29, 1.82) is 0 Å². The molecule has 0 atom stereocenters. The van der Waals surface area contributed by atoms with Gasteiger partial charge in [-0.3, -0.25) is 4.99 Å². The molecule has 0 aromatic heterocycles. The second kappa shape index (κ2) is 5.55. The van der Waals surface area contributed by atoms with Crippen molar-refractivity contribution in [1.82, 2.24) is 0 Å². The van der Waals surface area contributed by atoms with Gasteiger partial charge in [-0.25, -0.2) is 0 Å². The molecule has 4 heteroatoms. The minimum Gasteiger partial charge on any atom is -0.286 e. The van der Waals surface area contributed by atoms with E-state index >= 15 is 0 Å². The molecule has 0 radical (unpaired) electrons. The molecule has 0 bridgehead atoms. The summed E-state index contributed by atoms with van der Waals surface area (Å²) >= 11 is 8.04. The third kappa shape index (κ3) is 6.43. The van der Waals surface area contributed by atoms with Crippen molar-refractivity contribution < 1.29 is 0 Å². The number of nitrogens with zero attached hydrogens (tertiary/aromatic N) is 1. The first-order valence-corrected chi connectivity index (χ1v) is 10.2. The fourth-order valence-corrected chi connectivity index (χ4v) is 5.68. The first kappa shape index (κ1) is 15.3. The van der Waals surface area contributed by atoms with E-state index in [9.17, 15) is 0 Å². The molecule has 0 spiro atoms. The molecule has 0 saturated heterocycles. The zero-order valence-electron chi connectivity index (χ0n) is 10.8. The van der Waals surface area contributed by atoms with Gasteiger partial charge in [0.15, 0.2) is 0 Å². The number of halogens is 1. The van der Waals surface area contributed by atoms with Gasteiger partial charge < -0.3 is 0 Å². The van der Waals surface area contributed by atoms with Crippen molar-refractivity contribution in [3.8, 4) is 0 Å². The zero-order chi connectivity index (χ0) is 12.3. The summed E-state index contributed by atoms with van der Waals surface area (Å²) in [5.74, 6) is 0. The number of hydrogen-bond acceptors (Lipinski definition) is 2. The van der Waals surface area contributed by atoms with Crippen LogP contribution in [-0.4, -0.2) is 26.1 Å². The lowest BCUT2D eigenvalue weighted by Gasteiger charge is -2.20. The molecule has 0 aliphatic rings. The molecule has 15 heavy (non-hydrogen) atoms. The number of thioether (sulfide) groups is 1. The Kier molecular flexibility index (Phi) is 5.65. The zero-order valence-corrected chi connectivity index (χ0v) is 13.4. The molecular formula is C11H22ClNSSi. The summed E-state index contributed by atoms with van der Waals surface area (Å²) in [4.78, 5) is 4.43. The van der Waals surface area contributed by atoms with Gasteiger partial charge in [0.1, 0.15) is 0 Å². The molecule has 0 aromatic carbocycles. The number of hydrogen-bond donors (Lipinski definition) is 0. The van der Waals surface area contributed by atoms with Crippen molar-refractivity contribution >= 4 is 37.7 Å². The molecule has 0 rings (SSSR count). The maximum atomic E-state index is 6.28. The monoisotopic (exact) mass is 263 g/mol. The third-order valence-electron chi connectivity index (χ3n) is 1.67. The first-order chi connectivity index (χ1) is 6.58. The Morgan fingerprint density at radius 3 is 2.00 bits per heavy atom. The minimum atomic E-state index is -1.33. The summed E-state index contributed by atoms with van der Waals surface area (Å²) in [5, 5.41) is 0.816. The molecule has 0 aromatic rings. The average molecular weight is 264 g/mol. The highest BCUT2D eigenvalue weighted by atomic mass is 35.5. The van der Waals surface area contributed by atoms with E-state index in [1.807, 2.05) is 6.21 Å². The quantitative estimate of drug-likeness (QED) is 0.538. The van der Waals surface area contributed by atoms with Crippen LogP contribution in [0.2, 0.25) is 19.6 Å². The first-order valence-electron chi connectivity index (χ1n) is 5.07. The van der Waals surface area contributed by atoms with Crippen molar-refractivity contribution in [3.63, 3.8) is 0 Å². The van der Waals surface area contributed by atoms with Crippen molar-refractivity contribution in [3.05, 3.63) is 9.56 Å². The summed E-state index contributed by atoms with van der Waals surface area (Å²) in [5.41, 5.74) is -0.0525. The summed E-state index contributed by atoms with van der Waals surface area (Å²) in [6.07, 6.45) is 3.90. The van der Waals surface area contributed by atoms with E-state index in [2.05, 4.69) is 51.7 Å². The van der Waals surface area contributed by atoms with Crippen LogP contribution in [0.1, 0.15) is 20.8 Å². The SMILES string of the molecule is CS/C(=C(/Cl)C=NC(C)(C)C)[Si](C)(C)C. The fourth-order valence-electron chi connectivity index (χ4n) is 1.07. The molecule has 0 unspecified atom stereocenters. The van der Waals surface area contributed by atoms with Gasteiger partial charge in [0.25, 0.3) is 0 Å². The smallest absolute Gasteiger partial charge is 0.0877 e. The van der Waals surface area contributed by atoms with Gasteiger partial charge in [-0.2, -0.15) is 0 Å². The molecule has 88 valence electrons. The van der Waals surface area contributed by atoms with Crippen LogP contribution in [0.4, 0.5) is 0 Å². The van der Waals surface area contributed by atoms with Crippen LogP contribution in [0, 0.1) is 0 Å². The molecule has 1 nitrogen and oxygen atoms in total. The molecule has 0 heterocycles. The third-order valence-corrected chi connectivity index (χ3v) is 6.93. The van der Waals surface area contributed by atoms with E-state index in [1.165, 1.54) is 4.53 Å². The van der Waals surface area contributed by atoms with Gasteiger partial charge >= 0.3 is 0 Å². The molecule has 0 amide bonds. The van der Waals surface area contributed by atoms with Crippen LogP contribution in [0.3, 0.4) is 0 Å². The lowest BCUT2D eigenvalue weighted by atomic mass is 10.1. The van der Waals surface area contributed by atoms with Gasteiger partial charge in [-0.15, -0.1) is 11.8 Å². The predicted molar refractivity (Wildman–Crippen MR) is 78.0 cm³/mol. The van der Waals surface area contributed by atoms with Crippen LogP contribution in [0.25, 0.3) is 0 Å². The standard InChI is InChI=1S/C11H22ClNSSi/c1-11(2,3)13-8-9(12)10(14-4)15(5,6)7/h8H,1-7H3/b10-9-,13-8?. The van der Waals surface area contributed by atoms with Crippen molar-refractivity contribution in [2.75, 3.05) is 6.26 Å². The molecular weight excluding hydrogens is 242 g/mol. The van der Waals surface area contributed by atoms with E-state index in [0.29, 0.717) is 0 Å². The Morgan fingerprint density at radius 2 is 1.73 bits per heavy atom. The highest BCUT2D eigenvalue weighted by Crippen LogP contribution is 2.29. The molecule has 0 aliphatic heterocycles. The Labute approximate surface area is 104 Å². The second-order valence-corrected chi connectivity index (χ2v) is 12.1. The second-order valence-electron chi connectivity index (χ2n) is 5.56. The molecule has 0 fully saturated rings. The summed E-state index contributed by atoms with van der Waals surface area (Å²) in [7, 11) is -1.33. The highest BCUT2D eigenvalue weighted by Gasteiger charge is 2.21. The predicted octanol–water partition coefficient (Wildman–Crippen LogP) is 4.55. The maximum absolute atomic E-state index is 6.28. The Hall–Kier alpha value is 0.267.